The molecule has 0 unspecified atom stereocenters. The van der Waals surface area contributed by atoms with Crippen molar-refractivity contribution < 1.29 is 4.42 Å². The number of furan rings is 1. The molecule has 0 amide bonds. The summed E-state index contributed by atoms with van der Waals surface area (Å²) in [5.74, 6) is 1.91. The van der Waals surface area contributed by atoms with Gasteiger partial charge in [0.15, 0.2) is 0 Å². The highest BCUT2D eigenvalue weighted by molar-refractivity contribution is 5.81. The van der Waals surface area contributed by atoms with Crippen LogP contribution >= 0.6 is 0 Å². The zero-order chi connectivity index (χ0) is 11.1. The van der Waals surface area contributed by atoms with Crippen LogP contribution in [0.5, 0.6) is 0 Å². The minimum Gasteiger partial charge on any atom is -0.464 e. The van der Waals surface area contributed by atoms with Crippen LogP contribution < -0.4 is 0 Å². The lowest BCUT2D eigenvalue weighted by molar-refractivity contribution is 0.582. The molecule has 0 fully saturated rings. The Morgan fingerprint density at radius 1 is 1.25 bits per heavy atom. The highest BCUT2D eigenvalue weighted by atomic mass is 16.3. The highest BCUT2D eigenvalue weighted by Gasteiger charge is 2.07. The quantitative estimate of drug-likeness (QED) is 0.620. The summed E-state index contributed by atoms with van der Waals surface area (Å²) < 4.78 is 7.47. The predicted octanol–water partition coefficient (Wildman–Crippen LogP) is 3.14. The van der Waals surface area contributed by atoms with E-state index in [2.05, 4.69) is 15.6 Å². The van der Waals surface area contributed by atoms with E-state index in [-0.39, 0.29) is 0 Å². The van der Waals surface area contributed by atoms with Gasteiger partial charge in [0.2, 0.25) is 0 Å². The Balaban J connectivity index is 2.26. The second-order valence-corrected chi connectivity index (χ2v) is 3.90. The number of aromatic nitrogens is 2. The zero-order valence-corrected chi connectivity index (χ0v) is 9.27. The third-order valence-corrected chi connectivity index (χ3v) is 2.91. The second kappa shape index (κ2) is 3.23. The minimum absolute atomic E-state index is 0.890. The average Bonchev–Trinajstić information content (AvgIpc) is 2.89. The van der Waals surface area contributed by atoms with Gasteiger partial charge in [0.25, 0.3) is 0 Å². The molecule has 16 heavy (non-hydrogen) atoms. The second-order valence-electron chi connectivity index (χ2n) is 3.90. The van der Waals surface area contributed by atoms with E-state index in [0.717, 1.165) is 28.2 Å². The largest absolute Gasteiger partial charge is 0.464 e. The van der Waals surface area contributed by atoms with Crippen molar-refractivity contribution in [1.29, 1.82) is 0 Å². The fourth-order valence-electron chi connectivity index (χ4n) is 1.91. The number of hydrogen-bond donors (Lipinski definition) is 0. The van der Waals surface area contributed by atoms with E-state index in [1.54, 1.807) is 6.26 Å². The predicted molar refractivity (Wildman–Crippen MR) is 63.2 cm³/mol. The fourth-order valence-corrected chi connectivity index (χ4v) is 1.91. The summed E-state index contributed by atoms with van der Waals surface area (Å²) >= 11 is 0. The van der Waals surface area contributed by atoms with Gasteiger partial charge in [-0.25, -0.2) is 4.98 Å². The van der Waals surface area contributed by atoms with Gasteiger partial charge in [-0.2, -0.15) is 0 Å². The molecule has 0 N–H and O–H groups in total. The standard InChI is InChI=1S/C13H12N2O/c1-9-14-11-6-5-10(8-12(11)15(9)2)13-4-3-7-16-13/h3-8H,1-2H3. The van der Waals surface area contributed by atoms with E-state index in [1.807, 2.05) is 38.2 Å². The van der Waals surface area contributed by atoms with Crippen molar-refractivity contribution in [2.45, 2.75) is 6.92 Å². The van der Waals surface area contributed by atoms with Gasteiger partial charge in [-0.05, 0) is 37.3 Å². The first-order valence-electron chi connectivity index (χ1n) is 5.22. The van der Waals surface area contributed by atoms with Crippen molar-refractivity contribution in [2.24, 2.45) is 7.05 Å². The molecule has 80 valence electrons. The Morgan fingerprint density at radius 2 is 2.12 bits per heavy atom. The molecule has 1 aromatic carbocycles. The van der Waals surface area contributed by atoms with Crippen molar-refractivity contribution in [3.63, 3.8) is 0 Å². The third-order valence-electron chi connectivity index (χ3n) is 2.91. The monoisotopic (exact) mass is 212 g/mol. The third kappa shape index (κ3) is 1.25. The van der Waals surface area contributed by atoms with Crippen LogP contribution in [-0.2, 0) is 7.05 Å². The SMILES string of the molecule is Cc1nc2ccc(-c3ccco3)cc2n1C. The maximum Gasteiger partial charge on any atom is 0.133 e. The summed E-state index contributed by atoms with van der Waals surface area (Å²) in [5, 5.41) is 0. The number of nitrogens with zero attached hydrogens (tertiary/aromatic N) is 2. The van der Waals surface area contributed by atoms with Gasteiger partial charge in [-0.3, -0.25) is 0 Å². The van der Waals surface area contributed by atoms with Crippen LogP contribution in [0.2, 0.25) is 0 Å². The van der Waals surface area contributed by atoms with Crippen molar-refractivity contribution in [3.05, 3.63) is 42.4 Å². The molecule has 0 aliphatic carbocycles. The van der Waals surface area contributed by atoms with Gasteiger partial charge >= 0.3 is 0 Å². The number of aryl methyl sites for hydroxylation is 2. The van der Waals surface area contributed by atoms with Crippen molar-refractivity contribution in [3.8, 4) is 11.3 Å². The van der Waals surface area contributed by atoms with E-state index >= 15 is 0 Å². The Labute approximate surface area is 93.3 Å². The Bertz CT molecular complexity index is 635. The van der Waals surface area contributed by atoms with Crippen molar-refractivity contribution in [2.75, 3.05) is 0 Å². The molecule has 0 spiro atoms. The van der Waals surface area contributed by atoms with Crippen LogP contribution in [0.25, 0.3) is 22.4 Å². The lowest BCUT2D eigenvalue weighted by Crippen LogP contribution is -1.90. The van der Waals surface area contributed by atoms with E-state index in [9.17, 15) is 0 Å². The van der Waals surface area contributed by atoms with Crippen LogP contribution in [0.1, 0.15) is 5.82 Å². The van der Waals surface area contributed by atoms with Gasteiger partial charge in [-0.15, -0.1) is 0 Å². The molecule has 3 rings (SSSR count). The van der Waals surface area contributed by atoms with E-state index in [0.29, 0.717) is 0 Å². The number of hydrogen-bond acceptors (Lipinski definition) is 2. The molecule has 0 bridgehead atoms. The summed E-state index contributed by atoms with van der Waals surface area (Å²) in [7, 11) is 2.02. The number of imidazole rings is 1. The smallest absolute Gasteiger partial charge is 0.133 e. The fraction of sp³-hybridized carbons (Fsp3) is 0.154. The first kappa shape index (κ1) is 9.21. The van der Waals surface area contributed by atoms with E-state index in [4.69, 9.17) is 4.42 Å². The first-order valence-corrected chi connectivity index (χ1v) is 5.22. The Morgan fingerprint density at radius 3 is 2.88 bits per heavy atom. The first-order chi connectivity index (χ1) is 7.75. The van der Waals surface area contributed by atoms with Crippen LogP contribution in [0, 0.1) is 6.92 Å². The molecule has 3 nitrogen and oxygen atoms in total. The molecule has 0 aliphatic heterocycles. The zero-order valence-electron chi connectivity index (χ0n) is 9.27. The molecular formula is C13H12N2O. The maximum absolute atomic E-state index is 5.39. The molecule has 0 radical (unpaired) electrons. The van der Waals surface area contributed by atoms with E-state index in [1.165, 1.54) is 0 Å². The molecule has 3 heteroatoms. The normalized spacial score (nSPS) is 11.1. The summed E-state index contributed by atoms with van der Waals surface area (Å²) in [5.41, 5.74) is 3.24. The van der Waals surface area contributed by atoms with Crippen LogP contribution in [-0.4, -0.2) is 9.55 Å². The van der Waals surface area contributed by atoms with Crippen LogP contribution in [0.3, 0.4) is 0 Å². The van der Waals surface area contributed by atoms with Crippen LogP contribution in [0.4, 0.5) is 0 Å². The number of rotatable bonds is 1. The van der Waals surface area contributed by atoms with E-state index < -0.39 is 0 Å². The topological polar surface area (TPSA) is 31.0 Å². The molecular weight excluding hydrogens is 200 g/mol. The van der Waals surface area contributed by atoms with Gasteiger partial charge in [0, 0.05) is 12.6 Å². The van der Waals surface area contributed by atoms with Gasteiger partial charge in [0.05, 0.1) is 17.3 Å². The van der Waals surface area contributed by atoms with Crippen molar-refractivity contribution >= 4 is 11.0 Å². The molecule has 0 aliphatic rings. The van der Waals surface area contributed by atoms with Gasteiger partial charge < -0.3 is 8.98 Å². The summed E-state index contributed by atoms with van der Waals surface area (Å²) in [6.07, 6.45) is 1.69. The average molecular weight is 212 g/mol. The molecule has 2 aromatic heterocycles. The molecule has 0 saturated carbocycles. The lowest BCUT2D eigenvalue weighted by Gasteiger charge is -1.99. The molecule has 0 saturated heterocycles. The van der Waals surface area contributed by atoms with Crippen LogP contribution in [0.15, 0.2) is 41.0 Å². The van der Waals surface area contributed by atoms with Gasteiger partial charge in [-0.1, -0.05) is 0 Å². The molecule has 2 heterocycles. The lowest BCUT2D eigenvalue weighted by atomic mass is 10.1. The highest BCUT2D eigenvalue weighted by Crippen LogP contribution is 2.24. The Kier molecular flexibility index (Phi) is 1.86. The summed E-state index contributed by atoms with van der Waals surface area (Å²) in [6, 6.07) is 10.0. The Hall–Kier alpha value is -2.03. The summed E-state index contributed by atoms with van der Waals surface area (Å²) in [4.78, 5) is 4.47. The maximum atomic E-state index is 5.39. The molecule has 0 atom stereocenters. The number of benzene rings is 1. The summed E-state index contributed by atoms with van der Waals surface area (Å²) in [6.45, 7) is 2.01. The molecule has 3 aromatic rings. The van der Waals surface area contributed by atoms with Gasteiger partial charge in [0.1, 0.15) is 11.6 Å². The van der Waals surface area contributed by atoms with Crippen molar-refractivity contribution in [1.82, 2.24) is 9.55 Å². The number of fused-ring (bicyclic) bond motifs is 1. The minimum atomic E-state index is 0.890.